The first-order chi connectivity index (χ1) is 17.9. The maximum Gasteiger partial charge on any atom is 0.159 e. The van der Waals surface area contributed by atoms with Gasteiger partial charge in [0.25, 0.3) is 0 Å². The molecule has 0 amide bonds. The van der Waals surface area contributed by atoms with Crippen LogP contribution in [0, 0.1) is 0 Å². The van der Waals surface area contributed by atoms with Crippen molar-refractivity contribution in [2.24, 2.45) is 0 Å². The second kappa shape index (κ2) is 8.87. The van der Waals surface area contributed by atoms with E-state index < -0.39 is 0 Å². The zero-order valence-corrected chi connectivity index (χ0v) is 20.3. The van der Waals surface area contributed by atoms with E-state index in [4.69, 9.17) is 4.42 Å². The normalized spacial score (nSPS) is 14.6. The predicted molar refractivity (Wildman–Crippen MR) is 152 cm³/mol. The van der Waals surface area contributed by atoms with Gasteiger partial charge in [-0.15, -0.1) is 0 Å². The topological polar surface area (TPSA) is 25.2 Å². The Balaban J connectivity index is 1.46. The van der Waals surface area contributed by atoms with Crippen molar-refractivity contribution in [1.29, 1.82) is 0 Å². The van der Waals surface area contributed by atoms with Crippen molar-refractivity contribution >= 4 is 44.1 Å². The molecule has 6 aromatic rings. The minimum atomic E-state index is 0.587. The third-order valence-corrected chi connectivity index (χ3v) is 7.85. The number of fused-ring (bicyclic) bond motifs is 5. The Morgan fingerprint density at radius 2 is 1.36 bits per heavy atom. The molecule has 0 radical (unpaired) electrons. The molecule has 1 saturated carbocycles. The molecular weight excluding hydrogens is 438 g/mol. The average molecular weight is 468 g/mol. The lowest BCUT2D eigenvalue weighted by atomic mass is 9.83. The number of rotatable bonds is 4. The van der Waals surface area contributed by atoms with E-state index >= 15 is 0 Å². The number of hydrogen-bond acceptors (Lipinski definition) is 2. The first kappa shape index (κ1) is 21.3. The van der Waals surface area contributed by atoms with Gasteiger partial charge in [-0.05, 0) is 52.8 Å². The molecule has 7 rings (SSSR count). The molecule has 1 N–H and O–H groups in total. The third kappa shape index (κ3) is 3.56. The van der Waals surface area contributed by atoms with E-state index in [9.17, 15) is 0 Å². The molecule has 1 heterocycles. The zero-order valence-electron chi connectivity index (χ0n) is 20.3. The summed E-state index contributed by atoms with van der Waals surface area (Å²) in [7, 11) is 0. The molecule has 0 bridgehead atoms. The molecule has 0 spiro atoms. The number of furan rings is 1. The van der Waals surface area contributed by atoms with Crippen molar-refractivity contribution < 1.29 is 4.42 Å². The van der Waals surface area contributed by atoms with Crippen molar-refractivity contribution in [2.75, 3.05) is 5.32 Å². The molecule has 5 aromatic carbocycles. The molecular formula is C34H29NO. The number of para-hydroxylation sites is 2. The molecule has 0 saturated heterocycles. The fourth-order valence-corrected chi connectivity index (χ4v) is 6.10. The summed E-state index contributed by atoms with van der Waals surface area (Å²) in [6.07, 6.45) is 6.49. The summed E-state index contributed by atoms with van der Waals surface area (Å²) in [5.41, 5.74) is 7.85. The Morgan fingerprint density at radius 1 is 0.611 bits per heavy atom. The summed E-state index contributed by atoms with van der Waals surface area (Å²) in [5.74, 6) is 0.587. The predicted octanol–water partition coefficient (Wildman–Crippen LogP) is 10.2. The molecule has 0 unspecified atom stereocenters. The zero-order chi connectivity index (χ0) is 23.9. The minimum absolute atomic E-state index is 0.587. The number of hydrogen-bond donors (Lipinski definition) is 1. The Labute approximate surface area is 211 Å². The fourth-order valence-electron chi connectivity index (χ4n) is 6.10. The van der Waals surface area contributed by atoms with Gasteiger partial charge >= 0.3 is 0 Å². The Kier molecular flexibility index (Phi) is 5.24. The van der Waals surface area contributed by atoms with Crippen molar-refractivity contribution in [3.63, 3.8) is 0 Å². The number of benzene rings is 5. The summed E-state index contributed by atoms with van der Waals surface area (Å²) in [6.45, 7) is 0. The lowest BCUT2D eigenvalue weighted by Gasteiger charge is -2.21. The van der Waals surface area contributed by atoms with Crippen molar-refractivity contribution in [3.05, 3.63) is 109 Å². The van der Waals surface area contributed by atoms with Gasteiger partial charge in [0, 0.05) is 22.0 Å². The summed E-state index contributed by atoms with van der Waals surface area (Å²) >= 11 is 0. The SMILES string of the molecule is c1ccc(-c2ccccc2Nc2cc3ccccc3c3c2oc2c(C4CCCCC4)cccc23)cc1. The van der Waals surface area contributed by atoms with E-state index in [0.717, 1.165) is 22.5 Å². The highest BCUT2D eigenvalue weighted by atomic mass is 16.3. The van der Waals surface area contributed by atoms with Gasteiger partial charge in [-0.3, -0.25) is 0 Å². The molecule has 2 heteroatoms. The lowest BCUT2D eigenvalue weighted by molar-refractivity contribution is 0.442. The molecule has 1 aliphatic carbocycles. The molecule has 1 aromatic heterocycles. The second-order valence-corrected chi connectivity index (χ2v) is 10.0. The van der Waals surface area contributed by atoms with Crippen LogP contribution in [-0.4, -0.2) is 0 Å². The van der Waals surface area contributed by atoms with Crippen LogP contribution in [0.2, 0.25) is 0 Å². The van der Waals surface area contributed by atoms with Gasteiger partial charge in [-0.25, -0.2) is 0 Å². The highest BCUT2D eigenvalue weighted by molar-refractivity contribution is 6.22. The first-order valence-corrected chi connectivity index (χ1v) is 13.2. The van der Waals surface area contributed by atoms with Gasteiger partial charge in [0.15, 0.2) is 5.58 Å². The quantitative estimate of drug-likeness (QED) is 0.279. The second-order valence-electron chi connectivity index (χ2n) is 10.0. The van der Waals surface area contributed by atoms with Crippen LogP contribution in [0.1, 0.15) is 43.6 Å². The summed E-state index contributed by atoms with van der Waals surface area (Å²) in [4.78, 5) is 0. The van der Waals surface area contributed by atoms with Crippen molar-refractivity contribution in [3.8, 4) is 11.1 Å². The Morgan fingerprint density at radius 3 is 2.25 bits per heavy atom. The van der Waals surface area contributed by atoms with E-state index in [-0.39, 0.29) is 0 Å². The molecule has 1 aliphatic rings. The average Bonchev–Trinajstić information content (AvgIpc) is 3.35. The van der Waals surface area contributed by atoms with E-state index in [1.165, 1.54) is 70.3 Å². The van der Waals surface area contributed by atoms with E-state index in [2.05, 4.69) is 108 Å². The van der Waals surface area contributed by atoms with Crippen LogP contribution in [0.15, 0.2) is 108 Å². The van der Waals surface area contributed by atoms with Gasteiger partial charge in [-0.1, -0.05) is 110 Å². The lowest BCUT2D eigenvalue weighted by Crippen LogP contribution is -2.04. The molecule has 1 fully saturated rings. The van der Waals surface area contributed by atoms with Crippen molar-refractivity contribution in [1.82, 2.24) is 0 Å². The van der Waals surface area contributed by atoms with Gasteiger partial charge in [0.1, 0.15) is 5.58 Å². The standard InChI is InChI=1S/C34H29NO/c1-3-12-23(13-4-1)26-17-9-10-21-30(26)35-31-22-25-16-7-8-18-27(25)32-29-20-11-19-28(33(29)36-34(31)32)24-14-5-2-6-15-24/h1,3-4,7-13,16-22,24,35H,2,5-6,14-15H2. The van der Waals surface area contributed by atoms with Crippen LogP contribution in [-0.2, 0) is 0 Å². The largest absolute Gasteiger partial charge is 0.454 e. The van der Waals surface area contributed by atoms with Crippen LogP contribution < -0.4 is 5.32 Å². The third-order valence-electron chi connectivity index (χ3n) is 7.85. The number of nitrogens with one attached hydrogen (secondary N) is 1. The van der Waals surface area contributed by atoms with Gasteiger partial charge in [-0.2, -0.15) is 0 Å². The van der Waals surface area contributed by atoms with Crippen LogP contribution >= 0.6 is 0 Å². The number of anilines is 2. The summed E-state index contributed by atoms with van der Waals surface area (Å²) in [5, 5.41) is 8.67. The summed E-state index contributed by atoms with van der Waals surface area (Å²) in [6, 6.07) is 36.7. The fraction of sp³-hybridized carbons (Fsp3) is 0.176. The first-order valence-electron chi connectivity index (χ1n) is 13.2. The smallest absolute Gasteiger partial charge is 0.159 e. The van der Waals surface area contributed by atoms with Gasteiger partial charge in [0.2, 0.25) is 0 Å². The van der Waals surface area contributed by atoms with E-state index in [1.54, 1.807) is 0 Å². The monoisotopic (exact) mass is 467 g/mol. The van der Waals surface area contributed by atoms with Gasteiger partial charge in [0.05, 0.1) is 5.69 Å². The summed E-state index contributed by atoms with van der Waals surface area (Å²) < 4.78 is 6.83. The Bertz CT molecular complexity index is 1690. The van der Waals surface area contributed by atoms with Crippen LogP contribution in [0.4, 0.5) is 11.4 Å². The highest BCUT2D eigenvalue weighted by Gasteiger charge is 2.23. The van der Waals surface area contributed by atoms with Crippen molar-refractivity contribution in [2.45, 2.75) is 38.0 Å². The molecule has 0 atom stereocenters. The molecule has 2 nitrogen and oxygen atoms in total. The van der Waals surface area contributed by atoms with E-state index in [1.807, 2.05) is 0 Å². The van der Waals surface area contributed by atoms with Crippen LogP contribution in [0.25, 0.3) is 43.8 Å². The molecule has 176 valence electrons. The van der Waals surface area contributed by atoms with E-state index in [0.29, 0.717) is 5.92 Å². The maximum absolute atomic E-state index is 6.83. The highest BCUT2D eigenvalue weighted by Crippen LogP contribution is 2.45. The maximum atomic E-state index is 6.83. The minimum Gasteiger partial charge on any atom is -0.454 e. The molecule has 36 heavy (non-hydrogen) atoms. The van der Waals surface area contributed by atoms with Gasteiger partial charge < -0.3 is 9.73 Å². The van der Waals surface area contributed by atoms with Crippen LogP contribution in [0.5, 0.6) is 0 Å². The molecule has 0 aliphatic heterocycles. The van der Waals surface area contributed by atoms with Crippen LogP contribution in [0.3, 0.4) is 0 Å². The Hall–Kier alpha value is -4.04.